The van der Waals surface area contributed by atoms with E-state index in [4.69, 9.17) is 0 Å². The van der Waals surface area contributed by atoms with E-state index in [2.05, 4.69) is 43.5 Å². The molecule has 0 aromatic rings. The molecule has 2 atom stereocenters. The standard InChI is InChI=1S/C38H73NO3/c1-3-5-7-9-11-13-15-16-17-18-19-20-21-22-24-26-28-30-32-34-38(42)39-36(35-40)37(41)33-31-29-27-25-23-14-12-10-8-6-4-2/h16-17,23,25,36-37,40-41H,3-15,18-22,24,26-35H2,1-2H3,(H,39,42)/b17-16+,25-23+/t36-,37+/m0/s1. The fraction of sp³-hybridized carbons (Fsp3) is 0.868. The van der Waals surface area contributed by atoms with Crippen molar-refractivity contribution in [2.45, 2.75) is 206 Å². The molecule has 0 heterocycles. The Hall–Kier alpha value is -1.13. The number of rotatable bonds is 33. The number of aliphatic hydroxyl groups is 2. The second-order valence-electron chi connectivity index (χ2n) is 12.6. The lowest BCUT2D eigenvalue weighted by atomic mass is 10.0. The van der Waals surface area contributed by atoms with Crippen LogP contribution >= 0.6 is 0 Å². The zero-order chi connectivity index (χ0) is 30.8. The Bertz CT molecular complexity index is 603. The fourth-order valence-corrected chi connectivity index (χ4v) is 5.52. The van der Waals surface area contributed by atoms with Gasteiger partial charge in [0.1, 0.15) is 0 Å². The maximum Gasteiger partial charge on any atom is 0.220 e. The molecular formula is C38H73NO3. The smallest absolute Gasteiger partial charge is 0.220 e. The van der Waals surface area contributed by atoms with Gasteiger partial charge in [-0.05, 0) is 64.2 Å². The highest BCUT2D eigenvalue weighted by Gasteiger charge is 2.19. The zero-order valence-corrected chi connectivity index (χ0v) is 28.3. The predicted molar refractivity (Wildman–Crippen MR) is 184 cm³/mol. The quantitative estimate of drug-likeness (QED) is 0.0525. The maximum absolute atomic E-state index is 12.3. The minimum atomic E-state index is -0.678. The Labute approximate surface area is 262 Å². The van der Waals surface area contributed by atoms with Crippen molar-refractivity contribution in [1.29, 1.82) is 0 Å². The SMILES string of the molecule is CCCCCCC/C=C/CCCC[C@@H](O)[C@H](CO)NC(=O)CCCCCCCCCCC/C=C/CCCCCCCC. The molecule has 1 amide bonds. The third-order valence-corrected chi connectivity index (χ3v) is 8.43. The van der Waals surface area contributed by atoms with Crippen LogP contribution in [-0.4, -0.2) is 34.9 Å². The fourth-order valence-electron chi connectivity index (χ4n) is 5.52. The summed E-state index contributed by atoms with van der Waals surface area (Å²) in [6.07, 6.45) is 42.3. The van der Waals surface area contributed by atoms with Crippen LogP contribution in [0.2, 0.25) is 0 Å². The van der Waals surface area contributed by atoms with Crippen LogP contribution in [0, 0.1) is 0 Å². The Morgan fingerprint density at radius 3 is 1.31 bits per heavy atom. The zero-order valence-electron chi connectivity index (χ0n) is 28.3. The second-order valence-corrected chi connectivity index (χ2v) is 12.6. The van der Waals surface area contributed by atoms with Crippen LogP contribution in [0.25, 0.3) is 0 Å². The molecule has 3 N–H and O–H groups in total. The van der Waals surface area contributed by atoms with E-state index in [0.717, 1.165) is 32.1 Å². The lowest BCUT2D eigenvalue weighted by Gasteiger charge is -2.22. The molecule has 0 radical (unpaired) electrons. The van der Waals surface area contributed by atoms with Crippen LogP contribution in [0.15, 0.2) is 24.3 Å². The Morgan fingerprint density at radius 2 is 0.905 bits per heavy atom. The van der Waals surface area contributed by atoms with Gasteiger partial charge in [-0.2, -0.15) is 0 Å². The maximum atomic E-state index is 12.3. The summed E-state index contributed by atoms with van der Waals surface area (Å²) in [5, 5.41) is 23.0. The highest BCUT2D eigenvalue weighted by atomic mass is 16.3. The summed E-state index contributed by atoms with van der Waals surface area (Å²) in [4.78, 5) is 12.3. The van der Waals surface area contributed by atoms with Gasteiger partial charge in [0.25, 0.3) is 0 Å². The van der Waals surface area contributed by atoms with Gasteiger partial charge in [0, 0.05) is 6.42 Å². The van der Waals surface area contributed by atoms with E-state index in [0.29, 0.717) is 12.8 Å². The highest BCUT2D eigenvalue weighted by molar-refractivity contribution is 5.76. The summed E-state index contributed by atoms with van der Waals surface area (Å²) in [6.45, 7) is 4.31. The van der Waals surface area contributed by atoms with E-state index in [1.165, 1.54) is 135 Å². The monoisotopic (exact) mass is 592 g/mol. The molecule has 0 aliphatic heterocycles. The van der Waals surface area contributed by atoms with Crippen LogP contribution in [-0.2, 0) is 4.79 Å². The van der Waals surface area contributed by atoms with E-state index < -0.39 is 12.1 Å². The van der Waals surface area contributed by atoms with Crippen LogP contribution < -0.4 is 5.32 Å². The van der Waals surface area contributed by atoms with Crippen LogP contribution in [0.4, 0.5) is 0 Å². The third-order valence-electron chi connectivity index (χ3n) is 8.43. The van der Waals surface area contributed by atoms with E-state index in [1.54, 1.807) is 0 Å². The number of amides is 1. The van der Waals surface area contributed by atoms with Crippen molar-refractivity contribution in [3.05, 3.63) is 24.3 Å². The first-order valence-corrected chi connectivity index (χ1v) is 18.5. The minimum Gasteiger partial charge on any atom is -0.394 e. The van der Waals surface area contributed by atoms with Crippen molar-refractivity contribution in [1.82, 2.24) is 5.32 Å². The lowest BCUT2D eigenvalue weighted by molar-refractivity contribution is -0.123. The van der Waals surface area contributed by atoms with Gasteiger partial charge in [-0.15, -0.1) is 0 Å². The van der Waals surface area contributed by atoms with Gasteiger partial charge in [0.05, 0.1) is 18.8 Å². The average Bonchev–Trinajstić information content (AvgIpc) is 2.99. The summed E-state index contributed by atoms with van der Waals surface area (Å²) >= 11 is 0. The van der Waals surface area contributed by atoms with Crippen molar-refractivity contribution in [3.63, 3.8) is 0 Å². The molecule has 0 spiro atoms. The molecule has 0 saturated heterocycles. The summed E-state index contributed by atoms with van der Waals surface area (Å²) in [5.74, 6) is -0.0454. The third kappa shape index (κ3) is 30.3. The number of nitrogens with one attached hydrogen (secondary N) is 1. The van der Waals surface area contributed by atoms with Crippen LogP contribution in [0.3, 0.4) is 0 Å². The van der Waals surface area contributed by atoms with Gasteiger partial charge in [-0.25, -0.2) is 0 Å². The van der Waals surface area contributed by atoms with Gasteiger partial charge < -0.3 is 15.5 Å². The number of carbonyl (C=O) groups is 1. The van der Waals surface area contributed by atoms with Gasteiger partial charge in [-0.1, -0.05) is 147 Å². The van der Waals surface area contributed by atoms with E-state index >= 15 is 0 Å². The molecule has 0 aromatic carbocycles. The molecule has 0 unspecified atom stereocenters. The Balaban J connectivity index is 3.56. The number of aliphatic hydroxyl groups excluding tert-OH is 2. The molecule has 0 aliphatic rings. The van der Waals surface area contributed by atoms with Crippen LogP contribution in [0.5, 0.6) is 0 Å². The van der Waals surface area contributed by atoms with Crippen molar-refractivity contribution in [2.24, 2.45) is 0 Å². The predicted octanol–water partition coefficient (Wildman–Crippen LogP) is 10.9. The number of hydrogen-bond acceptors (Lipinski definition) is 3. The first-order chi connectivity index (χ1) is 20.7. The first kappa shape index (κ1) is 40.9. The van der Waals surface area contributed by atoms with Crippen molar-refractivity contribution >= 4 is 5.91 Å². The van der Waals surface area contributed by atoms with Crippen LogP contribution in [0.1, 0.15) is 194 Å². The van der Waals surface area contributed by atoms with E-state index in [1.807, 2.05) is 0 Å². The molecule has 42 heavy (non-hydrogen) atoms. The molecule has 0 aromatic heterocycles. The number of hydrogen-bond donors (Lipinski definition) is 3. The first-order valence-electron chi connectivity index (χ1n) is 18.5. The summed E-state index contributed by atoms with van der Waals surface area (Å²) < 4.78 is 0. The second kappa shape index (κ2) is 34.4. The van der Waals surface area contributed by atoms with Gasteiger partial charge >= 0.3 is 0 Å². The topological polar surface area (TPSA) is 69.6 Å². The number of carbonyl (C=O) groups excluding carboxylic acids is 1. The lowest BCUT2D eigenvalue weighted by Crippen LogP contribution is -2.45. The minimum absolute atomic E-state index is 0.0454. The van der Waals surface area contributed by atoms with Crippen molar-refractivity contribution in [3.8, 4) is 0 Å². The molecule has 4 heteroatoms. The molecule has 0 aliphatic carbocycles. The number of allylic oxidation sites excluding steroid dienone is 4. The summed E-state index contributed by atoms with van der Waals surface area (Å²) in [5.41, 5.74) is 0. The van der Waals surface area contributed by atoms with Gasteiger partial charge in [0.15, 0.2) is 0 Å². The molecule has 0 rings (SSSR count). The van der Waals surface area contributed by atoms with Gasteiger partial charge in [0.2, 0.25) is 5.91 Å². The summed E-state index contributed by atoms with van der Waals surface area (Å²) in [7, 11) is 0. The van der Waals surface area contributed by atoms with Gasteiger partial charge in [-0.3, -0.25) is 4.79 Å². The van der Waals surface area contributed by atoms with E-state index in [9.17, 15) is 15.0 Å². The molecule has 0 bridgehead atoms. The molecule has 248 valence electrons. The molecular weight excluding hydrogens is 518 g/mol. The summed E-state index contributed by atoms with van der Waals surface area (Å²) in [6, 6.07) is -0.549. The average molecular weight is 592 g/mol. The Kier molecular flexibility index (Phi) is 33.4. The molecule has 0 fully saturated rings. The normalized spacial score (nSPS) is 13.3. The largest absolute Gasteiger partial charge is 0.394 e. The molecule has 0 saturated carbocycles. The van der Waals surface area contributed by atoms with Crippen molar-refractivity contribution < 1.29 is 15.0 Å². The van der Waals surface area contributed by atoms with Crippen molar-refractivity contribution in [2.75, 3.05) is 6.61 Å². The highest BCUT2D eigenvalue weighted by Crippen LogP contribution is 2.13. The molecule has 4 nitrogen and oxygen atoms in total. The Morgan fingerprint density at radius 1 is 0.548 bits per heavy atom. The number of unbranched alkanes of at least 4 members (excludes halogenated alkanes) is 22. The van der Waals surface area contributed by atoms with E-state index in [-0.39, 0.29) is 12.5 Å².